The largest absolute Gasteiger partial charge is 0.441 e. The number of carbonyl (C=O) groups excluding carboxylic acids is 1. The molecule has 1 atom stereocenters. The van der Waals surface area contributed by atoms with Crippen LogP contribution in [0.15, 0.2) is 28.7 Å². The summed E-state index contributed by atoms with van der Waals surface area (Å²) in [7, 11) is 0. The van der Waals surface area contributed by atoms with E-state index in [-0.39, 0.29) is 11.9 Å². The average Bonchev–Trinajstić information content (AvgIpc) is 2.88. The van der Waals surface area contributed by atoms with Gasteiger partial charge in [0.2, 0.25) is 11.8 Å². The van der Waals surface area contributed by atoms with Crippen molar-refractivity contribution in [1.29, 1.82) is 0 Å². The summed E-state index contributed by atoms with van der Waals surface area (Å²) in [6.45, 7) is 8.04. The molecule has 0 bridgehead atoms. The third-order valence-electron chi connectivity index (χ3n) is 3.65. The van der Waals surface area contributed by atoms with Crippen LogP contribution in [0.25, 0.3) is 11.5 Å². The van der Waals surface area contributed by atoms with Crippen molar-refractivity contribution in [3.05, 3.63) is 41.3 Å². The number of nitrogens with one attached hydrogen (secondary N) is 1. The van der Waals surface area contributed by atoms with E-state index in [2.05, 4.69) is 23.3 Å². The molecule has 124 valence electrons. The van der Waals surface area contributed by atoms with Gasteiger partial charge in [-0.1, -0.05) is 24.6 Å². The minimum atomic E-state index is 0.0735. The normalized spacial score (nSPS) is 12.2. The van der Waals surface area contributed by atoms with Crippen molar-refractivity contribution in [2.75, 3.05) is 5.75 Å². The van der Waals surface area contributed by atoms with E-state index in [9.17, 15) is 4.79 Å². The fourth-order valence-corrected chi connectivity index (χ4v) is 2.95. The maximum Gasteiger partial charge on any atom is 0.230 e. The molecule has 5 heteroatoms. The lowest BCUT2D eigenvalue weighted by Crippen LogP contribution is -2.33. The second-order valence-electron chi connectivity index (χ2n) is 5.76. The molecule has 0 aliphatic carbocycles. The molecule has 1 aromatic carbocycles. The highest BCUT2D eigenvalue weighted by atomic mass is 32.2. The van der Waals surface area contributed by atoms with E-state index in [0.717, 1.165) is 23.4 Å². The van der Waals surface area contributed by atoms with Gasteiger partial charge in [-0.15, -0.1) is 11.8 Å². The predicted octanol–water partition coefficient (Wildman–Crippen LogP) is 4.11. The summed E-state index contributed by atoms with van der Waals surface area (Å²) in [5, 5.41) is 2.96. The van der Waals surface area contributed by atoms with Gasteiger partial charge in [-0.25, -0.2) is 4.98 Å². The molecule has 0 spiro atoms. The summed E-state index contributed by atoms with van der Waals surface area (Å²) in [5.74, 6) is 2.65. The summed E-state index contributed by atoms with van der Waals surface area (Å²) < 4.78 is 5.77. The van der Waals surface area contributed by atoms with Crippen LogP contribution in [0, 0.1) is 13.8 Å². The highest BCUT2D eigenvalue weighted by Crippen LogP contribution is 2.24. The van der Waals surface area contributed by atoms with E-state index in [0.29, 0.717) is 17.4 Å². The van der Waals surface area contributed by atoms with E-state index >= 15 is 0 Å². The summed E-state index contributed by atoms with van der Waals surface area (Å²) in [4.78, 5) is 16.4. The van der Waals surface area contributed by atoms with Gasteiger partial charge in [0.15, 0.2) is 0 Å². The Balaban J connectivity index is 1.93. The van der Waals surface area contributed by atoms with Crippen molar-refractivity contribution in [2.24, 2.45) is 0 Å². The van der Waals surface area contributed by atoms with Crippen LogP contribution < -0.4 is 5.32 Å². The number of benzene rings is 1. The number of hydrogen-bond donors (Lipinski definition) is 1. The number of aryl methyl sites for hydroxylation is 2. The Kier molecular flexibility index (Phi) is 6.28. The van der Waals surface area contributed by atoms with Crippen LogP contribution in [0.3, 0.4) is 0 Å². The second-order valence-corrected chi connectivity index (χ2v) is 6.75. The second kappa shape index (κ2) is 8.20. The van der Waals surface area contributed by atoms with E-state index < -0.39 is 0 Å². The van der Waals surface area contributed by atoms with Gasteiger partial charge in [0.05, 0.1) is 11.4 Å². The Bertz CT molecular complexity index is 667. The van der Waals surface area contributed by atoms with E-state index in [1.54, 1.807) is 11.8 Å². The number of nitrogens with zero attached hydrogens (tertiary/aromatic N) is 1. The molecule has 2 rings (SSSR count). The predicted molar refractivity (Wildman–Crippen MR) is 95.5 cm³/mol. The summed E-state index contributed by atoms with van der Waals surface area (Å²) in [6, 6.07) is 8.32. The number of carbonyl (C=O) groups is 1. The Morgan fingerprint density at radius 3 is 2.87 bits per heavy atom. The highest BCUT2D eigenvalue weighted by Gasteiger charge is 2.12. The molecule has 1 aromatic heterocycles. The summed E-state index contributed by atoms with van der Waals surface area (Å²) in [5.41, 5.74) is 3.07. The first-order valence-corrected chi connectivity index (χ1v) is 9.05. The van der Waals surface area contributed by atoms with Crippen LogP contribution in [0.2, 0.25) is 0 Å². The van der Waals surface area contributed by atoms with Crippen LogP contribution in [0.5, 0.6) is 0 Å². The molecule has 23 heavy (non-hydrogen) atoms. The molecule has 0 aliphatic heterocycles. The lowest BCUT2D eigenvalue weighted by atomic mass is 10.1. The summed E-state index contributed by atoms with van der Waals surface area (Å²) in [6.07, 6.45) is 0.943. The van der Waals surface area contributed by atoms with E-state index in [1.807, 2.05) is 39.0 Å². The number of oxazole rings is 1. The molecular weight excluding hydrogens is 308 g/mol. The first-order valence-electron chi connectivity index (χ1n) is 7.90. The molecule has 1 amide bonds. The first-order chi connectivity index (χ1) is 11.0. The Hall–Kier alpha value is -1.75. The monoisotopic (exact) mass is 332 g/mol. The van der Waals surface area contributed by atoms with E-state index in [1.165, 1.54) is 5.56 Å². The molecule has 0 fully saturated rings. The maximum absolute atomic E-state index is 11.8. The fourth-order valence-electron chi connectivity index (χ4n) is 2.12. The van der Waals surface area contributed by atoms with Gasteiger partial charge < -0.3 is 9.73 Å². The minimum Gasteiger partial charge on any atom is -0.441 e. The first kappa shape index (κ1) is 17.6. The molecule has 2 aromatic rings. The smallest absolute Gasteiger partial charge is 0.230 e. The zero-order valence-electron chi connectivity index (χ0n) is 14.2. The number of hydrogen-bond acceptors (Lipinski definition) is 4. The Labute approximate surface area is 142 Å². The molecule has 0 saturated heterocycles. The number of thioether (sulfide) groups is 1. The number of rotatable bonds is 7. The van der Waals surface area contributed by atoms with Crippen LogP contribution in [-0.4, -0.2) is 22.7 Å². The molecule has 0 aliphatic rings. The topological polar surface area (TPSA) is 55.1 Å². The van der Waals surface area contributed by atoms with Crippen LogP contribution in [0.1, 0.15) is 37.3 Å². The lowest BCUT2D eigenvalue weighted by Gasteiger charge is -2.10. The fraction of sp³-hybridized carbons (Fsp3) is 0.444. The standard InChI is InChI=1S/C18H24N2O2S/c1-5-13(3)19-17(21)11-23-10-16-14(4)22-18(20-16)15-8-6-7-12(2)9-15/h6-9,13H,5,10-11H2,1-4H3,(H,19,21)/t13-/m0/s1. The van der Waals surface area contributed by atoms with Gasteiger partial charge >= 0.3 is 0 Å². The van der Waals surface area contributed by atoms with Gasteiger partial charge in [0.1, 0.15) is 5.76 Å². The third kappa shape index (κ3) is 5.13. The number of amides is 1. The van der Waals surface area contributed by atoms with Gasteiger partial charge in [-0.3, -0.25) is 4.79 Å². The maximum atomic E-state index is 11.8. The zero-order valence-corrected chi connectivity index (χ0v) is 15.0. The molecule has 0 saturated carbocycles. The number of aromatic nitrogens is 1. The van der Waals surface area contributed by atoms with Gasteiger partial charge in [0.25, 0.3) is 0 Å². The zero-order chi connectivity index (χ0) is 16.8. The average molecular weight is 332 g/mol. The SMILES string of the molecule is CC[C@H](C)NC(=O)CSCc1nc(-c2cccc(C)c2)oc1C. The van der Waals surface area contributed by atoms with Crippen molar-refractivity contribution in [2.45, 2.75) is 45.9 Å². The van der Waals surface area contributed by atoms with Crippen LogP contribution in [-0.2, 0) is 10.5 Å². The molecule has 1 heterocycles. The summed E-state index contributed by atoms with van der Waals surface area (Å²) >= 11 is 1.56. The van der Waals surface area contributed by atoms with Gasteiger partial charge in [-0.2, -0.15) is 0 Å². The third-order valence-corrected chi connectivity index (χ3v) is 4.59. The molecule has 1 N–H and O–H groups in total. The van der Waals surface area contributed by atoms with E-state index in [4.69, 9.17) is 4.42 Å². The van der Waals surface area contributed by atoms with Gasteiger partial charge in [0, 0.05) is 17.4 Å². The van der Waals surface area contributed by atoms with Gasteiger partial charge in [-0.05, 0) is 39.3 Å². The molecule has 4 nitrogen and oxygen atoms in total. The van der Waals surface area contributed by atoms with Crippen molar-refractivity contribution in [1.82, 2.24) is 10.3 Å². The van der Waals surface area contributed by atoms with Crippen molar-refractivity contribution < 1.29 is 9.21 Å². The quantitative estimate of drug-likeness (QED) is 0.829. The Morgan fingerprint density at radius 1 is 1.39 bits per heavy atom. The molecule has 0 unspecified atom stereocenters. The van der Waals surface area contributed by atoms with Crippen molar-refractivity contribution in [3.8, 4) is 11.5 Å². The highest BCUT2D eigenvalue weighted by molar-refractivity contribution is 7.99. The lowest BCUT2D eigenvalue weighted by molar-refractivity contribution is -0.119. The molecule has 0 radical (unpaired) electrons. The van der Waals surface area contributed by atoms with Crippen LogP contribution >= 0.6 is 11.8 Å². The van der Waals surface area contributed by atoms with Crippen LogP contribution in [0.4, 0.5) is 0 Å². The van der Waals surface area contributed by atoms with Crippen molar-refractivity contribution in [3.63, 3.8) is 0 Å². The Morgan fingerprint density at radius 2 is 2.17 bits per heavy atom. The minimum absolute atomic E-state index is 0.0735. The molecular formula is C18H24N2O2S. The van der Waals surface area contributed by atoms with Crippen molar-refractivity contribution >= 4 is 17.7 Å².